The third kappa shape index (κ3) is 3.99. The van der Waals surface area contributed by atoms with Gasteiger partial charge in [-0.15, -0.1) is 0 Å². The third-order valence-corrected chi connectivity index (χ3v) is 6.58. The molecule has 2 nitrogen and oxygen atoms in total. The van der Waals surface area contributed by atoms with E-state index >= 15 is 0 Å². The van der Waals surface area contributed by atoms with Crippen molar-refractivity contribution >= 4 is 5.97 Å². The van der Waals surface area contributed by atoms with Crippen molar-refractivity contribution in [1.29, 1.82) is 0 Å². The smallest absolute Gasteiger partial charge is 0.335 e. The Morgan fingerprint density at radius 3 is 2.20 bits per heavy atom. The van der Waals surface area contributed by atoms with Crippen molar-refractivity contribution < 1.29 is 9.53 Å². The van der Waals surface area contributed by atoms with Gasteiger partial charge in [-0.05, 0) is 79.9 Å². The Balaban J connectivity index is 1.63. The zero-order chi connectivity index (χ0) is 17.8. The van der Waals surface area contributed by atoms with Crippen molar-refractivity contribution in [1.82, 2.24) is 0 Å². The Morgan fingerprint density at radius 1 is 1.00 bits per heavy atom. The Kier molecular flexibility index (Phi) is 5.66. The van der Waals surface area contributed by atoms with Crippen LogP contribution in [0.4, 0.5) is 0 Å². The van der Waals surface area contributed by atoms with E-state index in [9.17, 15) is 4.79 Å². The number of unbranched alkanes of at least 4 members (excludes halogenated alkanes) is 1. The van der Waals surface area contributed by atoms with Crippen LogP contribution in [-0.4, -0.2) is 5.97 Å². The first-order valence-corrected chi connectivity index (χ1v) is 10.1. The lowest BCUT2D eigenvalue weighted by molar-refractivity contribution is -0.129. The van der Waals surface area contributed by atoms with E-state index in [0.29, 0.717) is 16.6 Å². The molecular weight excluding hydrogens is 308 g/mol. The molecule has 0 spiro atoms. The molecule has 0 saturated heterocycles. The fourth-order valence-corrected chi connectivity index (χ4v) is 4.97. The molecule has 2 bridgehead atoms. The lowest BCUT2D eigenvalue weighted by Gasteiger charge is -2.54. The number of carbonyl (C=O) groups excluding carboxylic acids is 1. The highest BCUT2D eigenvalue weighted by Crippen LogP contribution is 2.59. The highest BCUT2D eigenvalue weighted by atomic mass is 16.5. The van der Waals surface area contributed by atoms with Gasteiger partial charge in [0.1, 0.15) is 5.75 Å². The summed E-state index contributed by atoms with van der Waals surface area (Å²) in [6, 6.07) is 8.32. The molecule has 0 radical (unpaired) electrons. The van der Waals surface area contributed by atoms with E-state index in [1.807, 2.05) is 18.2 Å². The predicted molar refractivity (Wildman–Crippen MR) is 103 cm³/mol. The number of benzene rings is 1. The molecule has 25 heavy (non-hydrogen) atoms. The first-order chi connectivity index (χ1) is 12.1. The third-order valence-electron chi connectivity index (χ3n) is 6.58. The van der Waals surface area contributed by atoms with E-state index in [1.54, 1.807) is 0 Å². The van der Waals surface area contributed by atoms with Gasteiger partial charge in [0, 0.05) is 6.08 Å². The molecule has 3 aliphatic rings. The zero-order valence-corrected chi connectivity index (χ0v) is 15.9. The number of carbonyl (C=O) groups is 1. The highest BCUT2D eigenvalue weighted by molar-refractivity contribution is 5.83. The van der Waals surface area contributed by atoms with Crippen LogP contribution in [0.15, 0.2) is 36.4 Å². The largest absolute Gasteiger partial charge is 0.423 e. The summed E-state index contributed by atoms with van der Waals surface area (Å²) in [5.74, 6) is 0.372. The van der Waals surface area contributed by atoms with Crippen LogP contribution in [0, 0.1) is 5.41 Å². The predicted octanol–water partition coefficient (Wildman–Crippen LogP) is 6.34. The van der Waals surface area contributed by atoms with E-state index in [2.05, 4.69) is 26.0 Å². The first kappa shape index (κ1) is 18.2. The van der Waals surface area contributed by atoms with Gasteiger partial charge >= 0.3 is 5.97 Å². The van der Waals surface area contributed by atoms with Gasteiger partial charge in [0.25, 0.3) is 0 Å². The van der Waals surface area contributed by atoms with Crippen LogP contribution in [0.1, 0.15) is 83.6 Å². The molecular formula is C23H32O2. The van der Waals surface area contributed by atoms with E-state index in [-0.39, 0.29) is 5.97 Å². The molecule has 1 aromatic rings. The summed E-state index contributed by atoms with van der Waals surface area (Å²) in [4.78, 5) is 11.8. The van der Waals surface area contributed by atoms with Crippen molar-refractivity contribution in [3.05, 3.63) is 42.0 Å². The lowest BCUT2D eigenvalue weighted by Crippen LogP contribution is -2.44. The second-order valence-corrected chi connectivity index (χ2v) is 8.17. The Hall–Kier alpha value is -1.57. The van der Waals surface area contributed by atoms with Gasteiger partial charge < -0.3 is 4.74 Å². The maximum atomic E-state index is 11.8. The van der Waals surface area contributed by atoms with Gasteiger partial charge in [-0.25, -0.2) is 4.79 Å². The van der Waals surface area contributed by atoms with Crippen molar-refractivity contribution in [2.45, 2.75) is 83.5 Å². The van der Waals surface area contributed by atoms with Crippen LogP contribution >= 0.6 is 0 Å². The molecule has 3 fully saturated rings. The molecule has 0 heterocycles. The van der Waals surface area contributed by atoms with Crippen molar-refractivity contribution in [2.24, 2.45) is 5.41 Å². The molecule has 0 N–H and O–H groups in total. The standard InChI is InChI=1S/C23H32O2/c1-3-5-6-7-21(24)25-20-10-8-19(9-11-20)23-16-13-22(12-4-2,14-17-23)15-18-23/h6-11H,3-5,12-18H2,1-2H3/b7-6+. The first-order valence-electron chi connectivity index (χ1n) is 10.1. The Labute approximate surface area is 152 Å². The lowest BCUT2D eigenvalue weighted by atomic mass is 9.51. The number of hydrogen-bond donors (Lipinski definition) is 0. The average Bonchev–Trinajstić information content (AvgIpc) is 2.64. The Bertz CT molecular complexity index is 587. The summed E-state index contributed by atoms with van der Waals surface area (Å²) in [5.41, 5.74) is 2.47. The minimum Gasteiger partial charge on any atom is -0.423 e. The van der Waals surface area contributed by atoms with Crippen LogP contribution < -0.4 is 4.74 Å². The molecule has 1 aromatic carbocycles. The second kappa shape index (κ2) is 7.76. The summed E-state index contributed by atoms with van der Waals surface area (Å²) in [6.07, 6.45) is 16.2. The van der Waals surface area contributed by atoms with Gasteiger partial charge in [0.05, 0.1) is 0 Å². The molecule has 0 amide bonds. The van der Waals surface area contributed by atoms with E-state index < -0.39 is 0 Å². The number of hydrogen-bond acceptors (Lipinski definition) is 2. The molecule has 3 saturated carbocycles. The summed E-state index contributed by atoms with van der Waals surface area (Å²) >= 11 is 0. The quantitative estimate of drug-likeness (QED) is 0.329. The second-order valence-electron chi connectivity index (χ2n) is 8.17. The maximum absolute atomic E-state index is 11.8. The van der Waals surface area contributed by atoms with Crippen LogP contribution in [0.3, 0.4) is 0 Å². The molecule has 0 aliphatic heterocycles. The number of esters is 1. The molecule has 0 aromatic heterocycles. The zero-order valence-electron chi connectivity index (χ0n) is 15.9. The van der Waals surface area contributed by atoms with Crippen molar-refractivity contribution in [3.8, 4) is 5.75 Å². The number of rotatable bonds is 7. The van der Waals surface area contributed by atoms with Gasteiger partial charge in [0.2, 0.25) is 0 Å². The van der Waals surface area contributed by atoms with E-state index in [0.717, 1.165) is 12.8 Å². The Morgan fingerprint density at radius 2 is 1.64 bits per heavy atom. The van der Waals surface area contributed by atoms with Crippen molar-refractivity contribution in [2.75, 3.05) is 0 Å². The topological polar surface area (TPSA) is 26.3 Å². The fraction of sp³-hybridized carbons (Fsp3) is 0.609. The minimum absolute atomic E-state index is 0.279. The van der Waals surface area contributed by atoms with Gasteiger partial charge in [-0.1, -0.05) is 44.9 Å². The molecule has 2 heteroatoms. The average molecular weight is 341 g/mol. The number of fused-ring (bicyclic) bond motifs is 3. The summed E-state index contributed by atoms with van der Waals surface area (Å²) < 4.78 is 5.40. The number of allylic oxidation sites excluding steroid dienone is 1. The highest BCUT2D eigenvalue weighted by Gasteiger charge is 2.48. The minimum atomic E-state index is -0.279. The van der Waals surface area contributed by atoms with Gasteiger partial charge in [0.15, 0.2) is 0 Å². The normalized spacial score (nSPS) is 28.4. The monoisotopic (exact) mass is 340 g/mol. The number of ether oxygens (including phenoxy) is 1. The van der Waals surface area contributed by atoms with Crippen molar-refractivity contribution in [3.63, 3.8) is 0 Å². The van der Waals surface area contributed by atoms with E-state index in [1.165, 1.54) is 63.0 Å². The summed E-state index contributed by atoms with van der Waals surface area (Å²) in [7, 11) is 0. The van der Waals surface area contributed by atoms with Crippen LogP contribution in [-0.2, 0) is 10.2 Å². The van der Waals surface area contributed by atoms with Gasteiger partial charge in [-0.3, -0.25) is 0 Å². The van der Waals surface area contributed by atoms with Crippen LogP contribution in [0.5, 0.6) is 5.75 Å². The van der Waals surface area contributed by atoms with Crippen LogP contribution in [0.25, 0.3) is 0 Å². The summed E-state index contributed by atoms with van der Waals surface area (Å²) in [6.45, 7) is 4.42. The molecule has 0 atom stereocenters. The fourth-order valence-electron chi connectivity index (χ4n) is 4.97. The SMILES string of the molecule is CCC/C=C/C(=O)Oc1ccc(C23CCC(CCC)(CC2)CC3)cc1. The summed E-state index contributed by atoms with van der Waals surface area (Å²) in [5, 5.41) is 0. The molecule has 136 valence electrons. The van der Waals surface area contributed by atoms with Gasteiger partial charge in [-0.2, -0.15) is 0 Å². The molecule has 3 aliphatic carbocycles. The maximum Gasteiger partial charge on any atom is 0.335 e. The van der Waals surface area contributed by atoms with Crippen LogP contribution in [0.2, 0.25) is 0 Å². The molecule has 0 unspecified atom stereocenters. The molecule has 4 rings (SSSR count). The van der Waals surface area contributed by atoms with E-state index in [4.69, 9.17) is 4.74 Å².